The van der Waals surface area contributed by atoms with Gasteiger partial charge in [0, 0.05) is 18.7 Å². The number of hydrogen-bond acceptors (Lipinski definition) is 3. The zero-order chi connectivity index (χ0) is 16.2. The molecular weight excluding hydrogens is 294 g/mol. The fourth-order valence-corrected chi connectivity index (χ4v) is 2.56. The van der Waals surface area contributed by atoms with Crippen molar-refractivity contribution < 1.29 is 4.74 Å². The van der Waals surface area contributed by atoms with Crippen molar-refractivity contribution in [3.05, 3.63) is 29.3 Å². The van der Waals surface area contributed by atoms with Crippen molar-refractivity contribution in [2.45, 2.75) is 33.2 Å². The predicted octanol–water partition coefficient (Wildman–Crippen LogP) is 3.20. The molecule has 0 heterocycles. The molecule has 5 heteroatoms. The molecule has 0 saturated heterocycles. The Morgan fingerprint density at radius 2 is 2.09 bits per heavy atom. The minimum atomic E-state index is 0.615. The summed E-state index contributed by atoms with van der Waals surface area (Å²) in [4.78, 5) is 4.65. The minimum absolute atomic E-state index is 0.615. The van der Waals surface area contributed by atoms with Crippen LogP contribution in [0.2, 0.25) is 0 Å². The SMILES string of the molecule is CCNC(=NCc1ccc(C)cc1OC)NCCCCSC. The fourth-order valence-electron chi connectivity index (χ4n) is 2.07. The molecule has 4 nitrogen and oxygen atoms in total. The fraction of sp³-hybridized carbons (Fsp3) is 0.588. The molecule has 0 unspecified atom stereocenters. The molecule has 2 N–H and O–H groups in total. The van der Waals surface area contributed by atoms with Gasteiger partial charge in [0.15, 0.2) is 5.96 Å². The number of unbranched alkanes of at least 4 members (excludes halogenated alkanes) is 1. The number of rotatable bonds is 9. The zero-order valence-corrected chi connectivity index (χ0v) is 15.1. The normalized spacial score (nSPS) is 11.4. The molecule has 1 aromatic rings. The number of nitrogens with zero attached hydrogens (tertiary/aromatic N) is 1. The van der Waals surface area contributed by atoms with Gasteiger partial charge in [0.2, 0.25) is 0 Å². The Morgan fingerprint density at radius 1 is 1.27 bits per heavy atom. The van der Waals surface area contributed by atoms with Crippen LogP contribution in [0.5, 0.6) is 5.75 Å². The van der Waals surface area contributed by atoms with E-state index in [0.29, 0.717) is 6.54 Å². The standard InChI is InChI=1S/C17H29N3OS/c1-5-18-17(19-10-6-7-11-22-4)20-13-15-9-8-14(2)12-16(15)21-3/h8-9,12H,5-7,10-11,13H2,1-4H3,(H2,18,19,20). The van der Waals surface area contributed by atoms with Gasteiger partial charge in [-0.25, -0.2) is 4.99 Å². The van der Waals surface area contributed by atoms with Gasteiger partial charge in [-0.3, -0.25) is 0 Å². The van der Waals surface area contributed by atoms with Crippen molar-refractivity contribution in [1.82, 2.24) is 10.6 Å². The molecule has 0 aliphatic heterocycles. The van der Waals surface area contributed by atoms with Crippen molar-refractivity contribution in [3.8, 4) is 5.75 Å². The summed E-state index contributed by atoms with van der Waals surface area (Å²) >= 11 is 1.90. The molecule has 1 aromatic carbocycles. The Hall–Kier alpha value is -1.36. The molecule has 0 radical (unpaired) electrons. The van der Waals surface area contributed by atoms with Gasteiger partial charge < -0.3 is 15.4 Å². The lowest BCUT2D eigenvalue weighted by Crippen LogP contribution is -2.37. The molecule has 0 spiro atoms. The van der Waals surface area contributed by atoms with E-state index < -0.39 is 0 Å². The Balaban J connectivity index is 2.57. The number of benzene rings is 1. The van der Waals surface area contributed by atoms with Crippen molar-refractivity contribution in [3.63, 3.8) is 0 Å². The number of hydrogen-bond donors (Lipinski definition) is 2. The van der Waals surface area contributed by atoms with Crippen LogP contribution in [0.4, 0.5) is 0 Å². The number of ether oxygens (including phenoxy) is 1. The molecule has 1 rings (SSSR count). The molecule has 22 heavy (non-hydrogen) atoms. The zero-order valence-electron chi connectivity index (χ0n) is 14.2. The lowest BCUT2D eigenvalue weighted by Gasteiger charge is -2.12. The average molecular weight is 324 g/mol. The average Bonchev–Trinajstić information content (AvgIpc) is 2.53. The van der Waals surface area contributed by atoms with Crippen LogP contribution < -0.4 is 15.4 Å². The van der Waals surface area contributed by atoms with E-state index in [0.717, 1.165) is 30.4 Å². The number of aliphatic imine (C=N–C) groups is 1. The first kappa shape index (κ1) is 18.7. The Kier molecular flexibility index (Phi) is 9.55. The van der Waals surface area contributed by atoms with Gasteiger partial charge in [-0.05, 0) is 50.3 Å². The topological polar surface area (TPSA) is 45.7 Å². The highest BCUT2D eigenvalue weighted by Crippen LogP contribution is 2.20. The molecule has 0 aromatic heterocycles. The highest BCUT2D eigenvalue weighted by Gasteiger charge is 2.03. The number of nitrogens with one attached hydrogen (secondary N) is 2. The van der Waals surface area contributed by atoms with Crippen molar-refractivity contribution in [1.29, 1.82) is 0 Å². The summed E-state index contributed by atoms with van der Waals surface area (Å²) < 4.78 is 5.43. The maximum absolute atomic E-state index is 5.43. The first-order valence-corrected chi connectivity index (χ1v) is 9.25. The minimum Gasteiger partial charge on any atom is -0.496 e. The molecule has 0 amide bonds. The number of aryl methyl sites for hydroxylation is 1. The molecule has 0 atom stereocenters. The molecule has 0 saturated carbocycles. The second-order valence-corrected chi connectivity index (χ2v) is 6.12. The summed E-state index contributed by atoms with van der Waals surface area (Å²) in [6.45, 7) is 6.58. The monoisotopic (exact) mass is 323 g/mol. The van der Waals surface area contributed by atoms with Crippen molar-refractivity contribution >= 4 is 17.7 Å². The van der Waals surface area contributed by atoms with Crippen LogP contribution in [0.1, 0.15) is 30.9 Å². The summed E-state index contributed by atoms with van der Waals surface area (Å²) in [6, 6.07) is 6.23. The summed E-state index contributed by atoms with van der Waals surface area (Å²) in [5.41, 5.74) is 2.30. The van der Waals surface area contributed by atoms with Gasteiger partial charge in [0.1, 0.15) is 5.75 Å². The number of guanidine groups is 1. The van der Waals surface area contributed by atoms with Gasteiger partial charge in [0.25, 0.3) is 0 Å². The van der Waals surface area contributed by atoms with Crippen molar-refractivity contribution in [2.24, 2.45) is 4.99 Å². The summed E-state index contributed by atoms with van der Waals surface area (Å²) in [5.74, 6) is 2.99. The smallest absolute Gasteiger partial charge is 0.191 e. The number of thioether (sulfide) groups is 1. The van der Waals surface area contributed by atoms with Crippen LogP contribution in [-0.4, -0.2) is 38.2 Å². The lowest BCUT2D eigenvalue weighted by molar-refractivity contribution is 0.409. The Labute approximate surface area is 139 Å². The first-order valence-electron chi connectivity index (χ1n) is 7.85. The molecule has 0 aliphatic carbocycles. The first-order chi connectivity index (χ1) is 10.7. The highest BCUT2D eigenvalue weighted by molar-refractivity contribution is 7.98. The van der Waals surface area contributed by atoms with E-state index in [1.54, 1.807) is 7.11 Å². The third-order valence-electron chi connectivity index (χ3n) is 3.26. The van der Waals surface area contributed by atoms with Crippen LogP contribution in [0.3, 0.4) is 0 Å². The van der Waals surface area contributed by atoms with Crippen LogP contribution in [0.25, 0.3) is 0 Å². The van der Waals surface area contributed by atoms with Crippen LogP contribution in [0, 0.1) is 6.92 Å². The molecule has 0 fully saturated rings. The lowest BCUT2D eigenvalue weighted by atomic mass is 10.1. The molecule has 0 bridgehead atoms. The van der Waals surface area contributed by atoms with Crippen LogP contribution >= 0.6 is 11.8 Å². The molecule has 0 aliphatic rings. The van der Waals surface area contributed by atoms with E-state index in [4.69, 9.17) is 4.74 Å². The van der Waals surface area contributed by atoms with Crippen LogP contribution in [-0.2, 0) is 6.54 Å². The van der Waals surface area contributed by atoms with E-state index in [1.165, 1.54) is 24.2 Å². The van der Waals surface area contributed by atoms with Gasteiger partial charge in [-0.2, -0.15) is 11.8 Å². The molecular formula is C17H29N3OS. The van der Waals surface area contributed by atoms with Gasteiger partial charge in [-0.15, -0.1) is 0 Å². The Bertz CT molecular complexity index is 463. The van der Waals surface area contributed by atoms with Gasteiger partial charge >= 0.3 is 0 Å². The summed E-state index contributed by atoms with van der Waals surface area (Å²) in [5, 5.41) is 6.67. The van der Waals surface area contributed by atoms with Crippen LogP contribution in [0.15, 0.2) is 23.2 Å². The highest BCUT2D eigenvalue weighted by atomic mass is 32.2. The largest absolute Gasteiger partial charge is 0.496 e. The van der Waals surface area contributed by atoms with E-state index in [2.05, 4.69) is 47.9 Å². The predicted molar refractivity (Wildman–Crippen MR) is 98.2 cm³/mol. The third kappa shape index (κ3) is 7.07. The Morgan fingerprint density at radius 3 is 2.77 bits per heavy atom. The summed E-state index contributed by atoms with van der Waals surface area (Å²) in [7, 11) is 1.71. The quantitative estimate of drug-likeness (QED) is 0.416. The maximum atomic E-state index is 5.43. The van der Waals surface area contributed by atoms with Crippen molar-refractivity contribution in [2.75, 3.05) is 32.2 Å². The molecule has 124 valence electrons. The van der Waals surface area contributed by atoms with E-state index in [1.807, 2.05) is 17.8 Å². The van der Waals surface area contributed by atoms with Gasteiger partial charge in [-0.1, -0.05) is 12.1 Å². The van der Waals surface area contributed by atoms with E-state index in [9.17, 15) is 0 Å². The number of methoxy groups -OCH3 is 1. The second-order valence-electron chi connectivity index (χ2n) is 5.14. The third-order valence-corrected chi connectivity index (χ3v) is 3.96. The van der Waals surface area contributed by atoms with E-state index >= 15 is 0 Å². The maximum Gasteiger partial charge on any atom is 0.191 e. The van der Waals surface area contributed by atoms with Gasteiger partial charge in [0.05, 0.1) is 13.7 Å². The second kappa shape index (κ2) is 11.2. The summed E-state index contributed by atoms with van der Waals surface area (Å²) in [6.07, 6.45) is 4.55. The van der Waals surface area contributed by atoms with E-state index in [-0.39, 0.29) is 0 Å².